The number of thioether (sulfide) groups is 1. The van der Waals surface area contributed by atoms with E-state index in [4.69, 9.17) is 31.8 Å². The smallest absolute Gasteiger partial charge is 0.313 e. The second-order valence-electron chi connectivity index (χ2n) is 13.0. The number of hydrogen-bond acceptors (Lipinski definition) is 12. The molecule has 8 N–H and O–H groups in total. The number of nitrogens with two attached hydrogens (primary N) is 3. The summed E-state index contributed by atoms with van der Waals surface area (Å²) < 4.78 is 10.2. The number of aliphatic carboxylic acids is 1. The Kier molecular flexibility index (Phi) is 39.8. The fourth-order valence-corrected chi connectivity index (χ4v) is 6.26. The lowest BCUT2D eigenvalue weighted by molar-refractivity contribution is -0.134. The van der Waals surface area contributed by atoms with Crippen molar-refractivity contribution in [1.82, 2.24) is 15.1 Å². The molecule has 1 aliphatic heterocycles. The number of methoxy groups -OCH3 is 2. The molecule has 4 aromatic carbocycles. The van der Waals surface area contributed by atoms with Gasteiger partial charge in [0.2, 0.25) is 5.91 Å². The fraction of sp³-hybridized carbons (Fsp3) is 0.435. The van der Waals surface area contributed by atoms with Crippen LogP contribution in [0.5, 0.6) is 11.5 Å². The van der Waals surface area contributed by atoms with Gasteiger partial charge in [-0.3, -0.25) is 14.5 Å². The van der Waals surface area contributed by atoms with Crippen LogP contribution in [-0.4, -0.2) is 98.3 Å². The normalized spacial score (nSPS) is 12.0. The van der Waals surface area contributed by atoms with E-state index in [9.17, 15) is 9.59 Å². The lowest BCUT2D eigenvalue weighted by Crippen LogP contribution is -2.38. The second kappa shape index (κ2) is 39.3. The van der Waals surface area contributed by atoms with E-state index in [0.29, 0.717) is 31.9 Å². The van der Waals surface area contributed by atoms with Crippen molar-refractivity contribution in [2.24, 2.45) is 17.2 Å². The Morgan fingerprint density at radius 1 is 0.803 bits per heavy atom. The summed E-state index contributed by atoms with van der Waals surface area (Å²) in [5.74, 6) is 1.53. The minimum absolute atomic E-state index is 0. The summed E-state index contributed by atoms with van der Waals surface area (Å²) in [7, 11) is 5.89. The Morgan fingerprint density at radius 3 is 1.59 bits per heavy atom. The Labute approximate surface area is 385 Å². The number of carbonyl (C=O) groups is 2. The molecule has 1 fully saturated rings. The van der Waals surface area contributed by atoms with E-state index in [2.05, 4.69) is 119 Å². The van der Waals surface area contributed by atoms with Gasteiger partial charge in [0.1, 0.15) is 16.9 Å². The first-order valence-corrected chi connectivity index (χ1v) is 22.6. The molecular weight excluding hydrogens is 844 g/mol. The maximum absolute atomic E-state index is 12.2. The standard InChI is InChI=1S/C18H19NO2S.C8H22N4.C8H11N.C8H10O.C2H4O2S.2CH4.HPS/c1-13-3-5-14(6-4-13)11-19-17(20)12-22-18(19)15-7-9-16(21-2)10-8-15;1-2-11-5-8-12(6-3-9)7-4-10;1-7-2-4-8(6-9)5-3-7;1-7-3-5-8(9-2)6-4-7;3-2(4)1-5;;;1-2/h3-10,18H,11-12H2,1-2H3;11H,2-10H2,1H3;2-5H,6,9H2,1H3;3-6H,1-2H3;5H,1H2,(H,3,4);2*1H4;1H. The van der Waals surface area contributed by atoms with E-state index in [-0.39, 0.29) is 31.9 Å². The van der Waals surface area contributed by atoms with Crippen LogP contribution in [0.3, 0.4) is 0 Å². The van der Waals surface area contributed by atoms with Crippen LogP contribution in [0.4, 0.5) is 0 Å². The third kappa shape index (κ3) is 28.6. The first-order chi connectivity index (χ1) is 28.4. The van der Waals surface area contributed by atoms with Crippen molar-refractivity contribution in [1.29, 1.82) is 0 Å². The number of benzene rings is 4. The maximum Gasteiger partial charge on any atom is 0.313 e. The molecule has 0 radical (unpaired) electrons. The summed E-state index contributed by atoms with van der Waals surface area (Å²) in [5.41, 5.74) is 23.6. The summed E-state index contributed by atoms with van der Waals surface area (Å²) in [4.78, 5) is 25.8. The summed E-state index contributed by atoms with van der Waals surface area (Å²) in [6.45, 7) is 16.0. The molecule has 1 saturated heterocycles. The zero-order chi connectivity index (χ0) is 44.4. The van der Waals surface area contributed by atoms with E-state index in [1.807, 2.05) is 53.4 Å². The Morgan fingerprint density at radius 2 is 1.21 bits per heavy atom. The van der Waals surface area contributed by atoms with Gasteiger partial charge >= 0.3 is 5.97 Å². The molecule has 0 bridgehead atoms. The van der Waals surface area contributed by atoms with Crippen molar-refractivity contribution in [3.8, 4) is 11.5 Å². The molecule has 1 unspecified atom stereocenters. The molecule has 1 heterocycles. The first-order valence-electron chi connectivity index (χ1n) is 19.3. The third-order valence-corrected chi connectivity index (χ3v) is 9.86. The lowest BCUT2D eigenvalue weighted by atomic mass is 10.1. The quantitative estimate of drug-likeness (QED) is 0.0388. The topological polar surface area (TPSA) is 169 Å². The number of likely N-dealkylation sites (N-methyl/N-ethyl adjacent to an activating group) is 1. The van der Waals surface area contributed by atoms with Crippen molar-refractivity contribution >= 4 is 56.1 Å². The number of aryl methyl sites for hydroxylation is 3. The predicted octanol–water partition coefficient (Wildman–Crippen LogP) is 7.91. The van der Waals surface area contributed by atoms with Crippen LogP contribution in [0.25, 0.3) is 0 Å². The van der Waals surface area contributed by atoms with Gasteiger partial charge in [0.05, 0.1) is 25.7 Å². The maximum atomic E-state index is 12.2. The number of nitrogens with one attached hydrogen (secondary N) is 1. The molecule has 4 aromatic rings. The van der Waals surface area contributed by atoms with Crippen LogP contribution in [-0.2, 0) is 34.5 Å². The number of amides is 1. The Bertz CT molecular complexity index is 1610. The van der Waals surface area contributed by atoms with Gasteiger partial charge in [-0.1, -0.05) is 123 Å². The van der Waals surface area contributed by atoms with Crippen LogP contribution in [0, 0.1) is 20.8 Å². The SMILES string of the molecule is C.C.CCNCCN(CCN)CCN.COc1ccc(C)cc1.COc1ccc(C2SCC(=O)N2Cc2ccc(C)cc2)cc1.Cc1ccc(CN)cc1.O=C(O)CS.P=S. The average molecular weight is 919 g/mol. The number of ether oxygens (including phenoxy) is 2. The average Bonchev–Trinajstić information content (AvgIpc) is 3.63. The zero-order valence-corrected chi connectivity index (χ0v) is 39.1. The molecular formula is C46H75N6O5PS3. The van der Waals surface area contributed by atoms with Gasteiger partial charge in [0, 0.05) is 52.4 Å². The largest absolute Gasteiger partial charge is 0.497 e. The summed E-state index contributed by atoms with van der Waals surface area (Å²) >= 11 is 8.99. The minimum atomic E-state index is -0.881. The highest BCUT2D eigenvalue weighted by molar-refractivity contribution is 8.00. The summed E-state index contributed by atoms with van der Waals surface area (Å²) in [6.07, 6.45) is 0. The van der Waals surface area contributed by atoms with Crippen LogP contribution in [0.15, 0.2) is 97.1 Å². The van der Waals surface area contributed by atoms with E-state index >= 15 is 0 Å². The predicted molar refractivity (Wildman–Crippen MR) is 270 cm³/mol. The van der Waals surface area contributed by atoms with E-state index in [0.717, 1.165) is 49.8 Å². The highest BCUT2D eigenvalue weighted by atomic mass is 32.4. The monoisotopic (exact) mass is 918 g/mol. The number of carboxylic acid groups (broad SMARTS) is 1. The molecule has 5 rings (SSSR count). The number of carbonyl (C=O) groups excluding carboxylic acids is 1. The van der Waals surface area contributed by atoms with Crippen molar-refractivity contribution in [2.75, 3.05) is 71.5 Å². The first kappa shape index (κ1) is 61.7. The van der Waals surface area contributed by atoms with Crippen molar-refractivity contribution < 1.29 is 24.2 Å². The molecule has 1 aliphatic rings. The summed E-state index contributed by atoms with van der Waals surface area (Å²) in [5, 5.41) is 11.0. The van der Waals surface area contributed by atoms with Gasteiger partial charge in [-0.2, -0.15) is 12.6 Å². The molecule has 0 aliphatic carbocycles. The molecule has 0 saturated carbocycles. The summed E-state index contributed by atoms with van der Waals surface area (Å²) in [6, 6.07) is 32.5. The Balaban J connectivity index is -0.000000739. The molecule has 0 spiro atoms. The van der Waals surface area contributed by atoms with Crippen LogP contribution >= 0.6 is 32.4 Å². The number of nitrogens with zero attached hydrogens (tertiary/aromatic N) is 2. The van der Waals surface area contributed by atoms with Gasteiger partial charge in [0.25, 0.3) is 0 Å². The number of rotatable bonds is 15. The van der Waals surface area contributed by atoms with Gasteiger partial charge in [0.15, 0.2) is 0 Å². The van der Waals surface area contributed by atoms with Gasteiger partial charge < -0.3 is 42.0 Å². The van der Waals surface area contributed by atoms with E-state index in [1.54, 1.807) is 26.0 Å². The number of thiol groups is 1. The second-order valence-corrected chi connectivity index (χ2v) is 14.4. The van der Waals surface area contributed by atoms with E-state index in [1.165, 1.54) is 27.8 Å². The van der Waals surface area contributed by atoms with Gasteiger partial charge in [-0.15, -0.1) is 11.8 Å². The van der Waals surface area contributed by atoms with Crippen LogP contribution in [0.1, 0.15) is 60.5 Å². The lowest BCUT2D eigenvalue weighted by Gasteiger charge is -2.24. The molecule has 15 heteroatoms. The molecule has 1 atom stereocenters. The van der Waals surface area contributed by atoms with E-state index < -0.39 is 5.97 Å². The molecule has 61 heavy (non-hydrogen) atoms. The zero-order valence-electron chi connectivity index (χ0n) is 35.6. The number of carboxylic acids is 1. The molecule has 0 aromatic heterocycles. The van der Waals surface area contributed by atoms with Crippen molar-refractivity contribution in [3.63, 3.8) is 0 Å². The van der Waals surface area contributed by atoms with Crippen LogP contribution in [0.2, 0.25) is 0 Å². The fourth-order valence-electron chi connectivity index (χ4n) is 5.07. The van der Waals surface area contributed by atoms with Gasteiger partial charge in [-0.25, -0.2) is 0 Å². The van der Waals surface area contributed by atoms with Crippen molar-refractivity contribution in [2.45, 2.75) is 61.0 Å². The minimum Gasteiger partial charge on any atom is -0.497 e. The number of hydrogen-bond donors (Lipinski definition) is 6. The molecule has 1 amide bonds. The van der Waals surface area contributed by atoms with Gasteiger partial charge in [-0.05, 0) is 76.3 Å². The Hall–Kier alpha value is -3.56. The molecule has 11 nitrogen and oxygen atoms in total. The molecule has 342 valence electrons. The van der Waals surface area contributed by atoms with Crippen LogP contribution < -0.4 is 32.0 Å². The third-order valence-electron chi connectivity index (χ3n) is 8.34. The van der Waals surface area contributed by atoms with Crippen molar-refractivity contribution in [3.05, 3.63) is 130 Å². The highest BCUT2D eigenvalue weighted by Crippen LogP contribution is 2.40. The highest BCUT2D eigenvalue weighted by Gasteiger charge is 2.32.